The van der Waals surface area contributed by atoms with Crippen LogP contribution in [0.4, 0.5) is 8.78 Å². The summed E-state index contributed by atoms with van der Waals surface area (Å²) in [5.41, 5.74) is 0. The van der Waals surface area contributed by atoms with Crippen LogP contribution in [0.25, 0.3) is 4.85 Å². The van der Waals surface area contributed by atoms with E-state index in [4.69, 9.17) is 6.57 Å². The maximum absolute atomic E-state index is 11.8. The largest absolute Gasteiger partial charge is 0.317 e. The Kier molecular flexibility index (Phi) is 2.40. The highest BCUT2D eigenvalue weighted by Gasteiger charge is 2.21. The molecule has 0 heterocycles. The molecule has 0 aromatic heterocycles. The molecule has 0 aromatic rings. The Morgan fingerprint density at radius 3 is 2.25 bits per heavy atom. The quantitative estimate of drug-likeness (QED) is 0.489. The van der Waals surface area contributed by atoms with Gasteiger partial charge in [-0.05, 0) is 6.92 Å². The Bertz CT molecular complexity index is 98.0. The van der Waals surface area contributed by atoms with Gasteiger partial charge in [-0.2, -0.15) is 0 Å². The Morgan fingerprint density at radius 2 is 2.12 bits per heavy atom. The van der Waals surface area contributed by atoms with Crippen LogP contribution in [0.3, 0.4) is 0 Å². The summed E-state index contributed by atoms with van der Waals surface area (Å²) in [5.74, 6) is -2.66. The van der Waals surface area contributed by atoms with Gasteiger partial charge in [-0.1, -0.05) is 0 Å². The number of hydrogen-bond donors (Lipinski definition) is 0. The monoisotopic (exact) mass is 119 g/mol. The maximum Gasteiger partial charge on any atom is 0.252 e. The number of nitrogens with zero attached hydrogens (tertiary/aromatic N) is 1. The third-order valence-corrected chi connectivity index (χ3v) is 0.663. The van der Waals surface area contributed by atoms with Crippen molar-refractivity contribution in [2.24, 2.45) is 0 Å². The zero-order valence-corrected chi connectivity index (χ0v) is 4.62. The van der Waals surface area contributed by atoms with E-state index >= 15 is 0 Å². The molecule has 8 heavy (non-hydrogen) atoms. The number of rotatable bonds is 2. The SMILES string of the molecule is [C-]#[N+]CCC(C)(F)F. The maximum atomic E-state index is 11.8. The van der Waals surface area contributed by atoms with Gasteiger partial charge in [0, 0.05) is 0 Å². The molecular formula is C5H7F2N. The summed E-state index contributed by atoms with van der Waals surface area (Å²) < 4.78 is 23.5. The Labute approximate surface area is 47.1 Å². The highest BCUT2D eigenvalue weighted by Crippen LogP contribution is 2.15. The lowest BCUT2D eigenvalue weighted by atomic mass is 10.3. The summed E-state index contributed by atoms with van der Waals surface area (Å²) in [4.78, 5) is 2.79. The lowest BCUT2D eigenvalue weighted by Crippen LogP contribution is -2.09. The van der Waals surface area contributed by atoms with Crippen LogP contribution < -0.4 is 0 Å². The van der Waals surface area contributed by atoms with Crippen molar-refractivity contribution in [2.75, 3.05) is 6.54 Å². The van der Waals surface area contributed by atoms with Gasteiger partial charge in [0.1, 0.15) is 0 Å². The van der Waals surface area contributed by atoms with E-state index < -0.39 is 5.92 Å². The van der Waals surface area contributed by atoms with E-state index in [0.29, 0.717) is 0 Å². The van der Waals surface area contributed by atoms with E-state index in [1.807, 2.05) is 0 Å². The standard InChI is InChI=1S/C5H7F2N/c1-5(6,7)3-4-8-2/h3-4H2,1H3. The minimum atomic E-state index is -2.66. The fourth-order valence-corrected chi connectivity index (χ4v) is 0.252. The number of alkyl halides is 2. The molecule has 0 aliphatic carbocycles. The van der Waals surface area contributed by atoms with Crippen molar-refractivity contribution in [1.29, 1.82) is 0 Å². The molecule has 0 aliphatic rings. The van der Waals surface area contributed by atoms with E-state index in [0.717, 1.165) is 6.92 Å². The summed E-state index contributed by atoms with van der Waals surface area (Å²) >= 11 is 0. The second-order valence-corrected chi connectivity index (χ2v) is 1.70. The van der Waals surface area contributed by atoms with Crippen molar-refractivity contribution in [2.45, 2.75) is 19.3 Å². The molecule has 1 nitrogen and oxygen atoms in total. The van der Waals surface area contributed by atoms with Gasteiger partial charge in [-0.3, -0.25) is 0 Å². The molecule has 0 aliphatic heterocycles. The van der Waals surface area contributed by atoms with Crippen molar-refractivity contribution >= 4 is 0 Å². The average molecular weight is 119 g/mol. The minimum absolute atomic E-state index is 0.0799. The molecule has 0 atom stereocenters. The van der Waals surface area contributed by atoms with Crippen LogP contribution in [0.5, 0.6) is 0 Å². The van der Waals surface area contributed by atoms with Gasteiger partial charge in [0.05, 0.1) is 6.42 Å². The molecule has 3 heteroatoms. The molecule has 0 unspecified atom stereocenters. The van der Waals surface area contributed by atoms with Gasteiger partial charge in [0.2, 0.25) is 6.54 Å². The van der Waals surface area contributed by atoms with Crippen molar-refractivity contribution in [3.8, 4) is 0 Å². The first-order valence-electron chi connectivity index (χ1n) is 2.27. The van der Waals surface area contributed by atoms with Crippen LogP contribution in [-0.2, 0) is 0 Å². The van der Waals surface area contributed by atoms with Crippen molar-refractivity contribution in [3.63, 3.8) is 0 Å². The third kappa shape index (κ3) is 5.35. The minimum Gasteiger partial charge on any atom is -0.317 e. The van der Waals surface area contributed by atoms with Crippen molar-refractivity contribution in [1.82, 2.24) is 0 Å². The van der Waals surface area contributed by atoms with Crippen molar-refractivity contribution < 1.29 is 8.78 Å². The van der Waals surface area contributed by atoms with Crippen LogP contribution in [-0.4, -0.2) is 12.5 Å². The van der Waals surface area contributed by atoms with Gasteiger partial charge in [-0.15, -0.1) is 0 Å². The van der Waals surface area contributed by atoms with E-state index in [1.54, 1.807) is 0 Å². The van der Waals surface area contributed by atoms with E-state index in [2.05, 4.69) is 4.85 Å². The molecule has 0 N–H and O–H groups in total. The van der Waals surface area contributed by atoms with Gasteiger partial charge in [0.25, 0.3) is 5.92 Å². The van der Waals surface area contributed by atoms with Gasteiger partial charge >= 0.3 is 0 Å². The van der Waals surface area contributed by atoms with Gasteiger partial charge in [0.15, 0.2) is 0 Å². The third-order valence-electron chi connectivity index (χ3n) is 0.663. The second-order valence-electron chi connectivity index (χ2n) is 1.70. The average Bonchev–Trinajstić information content (AvgIpc) is 1.59. The highest BCUT2D eigenvalue weighted by atomic mass is 19.3. The fraction of sp³-hybridized carbons (Fsp3) is 0.800. The number of halogens is 2. The summed E-state index contributed by atoms with van der Waals surface area (Å²) in [6, 6.07) is 0. The van der Waals surface area contributed by atoms with Crippen molar-refractivity contribution in [3.05, 3.63) is 11.4 Å². The van der Waals surface area contributed by atoms with Crippen LogP contribution in [0.1, 0.15) is 13.3 Å². The smallest absolute Gasteiger partial charge is 0.252 e. The zero-order chi connectivity index (χ0) is 6.62. The molecule has 0 amide bonds. The lowest BCUT2D eigenvalue weighted by molar-refractivity contribution is 0.0174. The normalized spacial score (nSPS) is 10.8. The predicted octanol–water partition coefficient (Wildman–Crippen LogP) is 1.95. The molecule has 0 aromatic carbocycles. The van der Waals surface area contributed by atoms with Crippen LogP contribution in [0, 0.1) is 6.57 Å². The predicted molar refractivity (Wildman–Crippen MR) is 26.7 cm³/mol. The summed E-state index contributed by atoms with van der Waals surface area (Å²) in [6.07, 6.45) is -0.323. The Hall–Kier alpha value is -0.650. The first-order valence-corrected chi connectivity index (χ1v) is 2.27. The molecule has 0 fully saturated rings. The van der Waals surface area contributed by atoms with E-state index in [-0.39, 0.29) is 13.0 Å². The van der Waals surface area contributed by atoms with Crippen LogP contribution >= 0.6 is 0 Å². The summed E-state index contributed by atoms with van der Waals surface area (Å²) in [6.45, 7) is 6.91. The topological polar surface area (TPSA) is 4.36 Å². The Balaban J connectivity index is 3.28. The molecule has 0 rings (SSSR count). The lowest BCUT2D eigenvalue weighted by Gasteiger charge is -2.02. The molecule has 0 bridgehead atoms. The summed E-state index contributed by atoms with van der Waals surface area (Å²) in [5, 5.41) is 0. The molecule has 0 saturated heterocycles. The van der Waals surface area contributed by atoms with Gasteiger partial charge < -0.3 is 4.85 Å². The van der Waals surface area contributed by atoms with Crippen LogP contribution in [0.15, 0.2) is 0 Å². The molecule has 0 saturated carbocycles. The molecule has 46 valence electrons. The zero-order valence-electron chi connectivity index (χ0n) is 4.62. The fourth-order valence-electron chi connectivity index (χ4n) is 0.252. The van der Waals surface area contributed by atoms with Crippen LogP contribution in [0.2, 0.25) is 0 Å². The molecule has 0 radical (unpaired) electrons. The first kappa shape index (κ1) is 7.35. The summed E-state index contributed by atoms with van der Waals surface area (Å²) in [7, 11) is 0. The van der Waals surface area contributed by atoms with Gasteiger partial charge in [-0.25, -0.2) is 15.4 Å². The first-order chi connectivity index (χ1) is 3.56. The highest BCUT2D eigenvalue weighted by molar-refractivity contribution is 4.66. The molecular weight excluding hydrogens is 112 g/mol. The number of hydrogen-bond acceptors (Lipinski definition) is 0. The van der Waals surface area contributed by atoms with E-state index in [1.165, 1.54) is 0 Å². The Morgan fingerprint density at radius 1 is 1.62 bits per heavy atom. The second kappa shape index (κ2) is 2.61. The molecule has 0 spiro atoms. The van der Waals surface area contributed by atoms with E-state index in [9.17, 15) is 8.78 Å².